The fraction of sp³-hybridized carbons (Fsp3) is 0.389. The highest BCUT2D eigenvalue weighted by molar-refractivity contribution is 7.10. The van der Waals surface area contributed by atoms with Crippen LogP contribution in [-0.2, 0) is 11.3 Å². The Labute approximate surface area is 149 Å². The maximum Gasteiger partial charge on any atom is 0.471 e. The van der Waals surface area contributed by atoms with Crippen molar-refractivity contribution in [1.29, 1.82) is 0 Å². The molecule has 25 heavy (non-hydrogen) atoms. The number of carbonyl (C=O) groups is 1. The molecule has 136 valence electrons. The van der Waals surface area contributed by atoms with E-state index in [9.17, 15) is 18.0 Å². The van der Waals surface area contributed by atoms with Crippen LogP contribution in [0, 0.1) is 5.92 Å². The second-order valence-electron chi connectivity index (χ2n) is 6.19. The third-order valence-electron chi connectivity index (χ3n) is 3.59. The molecule has 3 nitrogen and oxygen atoms in total. The first-order chi connectivity index (χ1) is 11.8. The van der Waals surface area contributed by atoms with Crippen LogP contribution in [0.15, 0.2) is 35.7 Å². The fourth-order valence-electron chi connectivity index (χ4n) is 2.18. The summed E-state index contributed by atoms with van der Waals surface area (Å²) < 4.78 is 36.7. The molecule has 0 unspecified atom stereocenters. The van der Waals surface area contributed by atoms with E-state index in [1.165, 1.54) is 17.0 Å². The summed E-state index contributed by atoms with van der Waals surface area (Å²) >= 11 is 1.64. The molecule has 2 rings (SSSR count). The normalized spacial score (nSPS) is 11.8. The van der Waals surface area contributed by atoms with Crippen molar-refractivity contribution in [3.8, 4) is 11.1 Å². The van der Waals surface area contributed by atoms with Gasteiger partial charge >= 0.3 is 12.1 Å². The summed E-state index contributed by atoms with van der Waals surface area (Å²) in [5, 5.41) is 7.25. The van der Waals surface area contributed by atoms with Crippen LogP contribution in [0.5, 0.6) is 0 Å². The van der Waals surface area contributed by atoms with E-state index < -0.39 is 12.1 Å². The number of anilines is 1. The molecule has 0 aliphatic heterocycles. The Balaban J connectivity index is 1.93. The van der Waals surface area contributed by atoms with Crippen LogP contribution in [0.1, 0.15) is 25.1 Å². The van der Waals surface area contributed by atoms with Crippen molar-refractivity contribution in [3.05, 3.63) is 40.6 Å². The van der Waals surface area contributed by atoms with E-state index in [0.717, 1.165) is 30.6 Å². The van der Waals surface area contributed by atoms with Crippen LogP contribution in [0.25, 0.3) is 11.1 Å². The van der Waals surface area contributed by atoms with Gasteiger partial charge in [0.2, 0.25) is 0 Å². The van der Waals surface area contributed by atoms with Crippen molar-refractivity contribution in [1.82, 2.24) is 5.32 Å². The molecule has 0 fully saturated rings. The predicted molar refractivity (Wildman–Crippen MR) is 95.6 cm³/mol. The van der Waals surface area contributed by atoms with E-state index in [-0.39, 0.29) is 5.69 Å². The van der Waals surface area contributed by atoms with Crippen LogP contribution in [-0.4, -0.2) is 18.6 Å². The smallest absolute Gasteiger partial charge is 0.318 e. The molecule has 7 heteroatoms. The number of carbonyl (C=O) groups excluding carboxylic acids is 1. The summed E-state index contributed by atoms with van der Waals surface area (Å²) in [4.78, 5) is 12.1. The summed E-state index contributed by atoms with van der Waals surface area (Å²) in [5.41, 5.74) is 2.03. The number of alkyl halides is 3. The predicted octanol–water partition coefficient (Wildman–Crippen LogP) is 5.05. The largest absolute Gasteiger partial charge is 0.471 e. The van der Waals surface area contributed by atoms with Gasteiger partial charge in [0.1, 0.15) is 0 Å². The Hall–Kier alpha value is -1.86. The van der Waals surface area contributed by atoms with Gasteiger partial charge in [-0.15, -0.1) is 11.3 Å². The molecule has 1 amide bonds. The molecule has 0 aliphatic carbocycles. The van der Waals surface area contributed by atoms with Crippen molar-refractivity contribution < 1.29 is 18.0 Å². The lowest BCUT2D eigenvalue weighted by Gasteiger charge is -2.08. The lowest BCUT2D eigenvalue weighted by atomic mass is 10.1. The highest BCUT2D eigenvalue weighted by atomic mass is 32.1. The third kappa shape index (κ3) is 6.17. The van der Waals surface area contributed by atoms with Gasteiger partial charge in [-0.3, -0.25) is 4.79 Å². The van der Waals surface area contributed by atoms with Gasteiger partial charge in [0.25, 0.3) is 0 Å². The van der Waals surface area contributed by atoms with Gasteiger partial charge in [0.15, 0.2) is 0 Å². The number of rotatable bonds is 7. The topological polar surface area (TPSA) is 41.1 Å². The van der Waals surface area contributed by atoms with E-state index in [2.05, 4.69) is 25.2 Å². The standard InChI is InChI=1S/C18H21F3N2OS/c1-12(2)7-8-22-10-16-9-14(11-25-16)13-3-5-15(6-4-13)23-17(24)18(19,20)21/h3-6,9,11-12,22H,7-8,10H2,1-2H3,(H,23,24). The molecule has 2 aromatic rings. The van der Waals surface area contributed by atoms with Crippen LogP contribution in [0.2, 0.25) is 0 Å². The van der Waals surface area contributed by atoms with E-state index in [0.29, 0.717) is 5.92 Å². The number of nitrogens with one attached hydrogen (secondary N) is 2. The number of hydrogen-bond donors (Lipinski definition) is 2. The van der Waals surface area contributed by atoms with E-state index in [1.807, 2.05) is 10.7 Å². The van der Waals surface area contributed by atoms with E-state index >= 15 is 0 Å². The molecule has 0 saturated heterocycles. The number of benzene rings is 1. The molecule has 2 N–H and O–H groups in total. The molecule has 0 aliphatic rings. The minimum absolute atomic E-state index is 0.122. The average Bonchev–Trinajstić information content (AvgIpc) is 3.00. The van der Waals surface area contributed by atoms with Crippen LogP contribution >= 0.6 is 11.3 Å². The second-order valence-corrected chi connectivity index (χ2v) is 7.19. The molecule has 1 aromatic heterocycles. The quantitative estimate of drug-likeness (QED) is 0.670. The zero-order valence-corrected chi connectivity index (χ0v) is 14.9. The van der Waals surface area contributed by atoms with E-state index in [1.54, 1.807) is 23.5 Å². The van der Waals surface area contributed by atoms with Gasteiger partial charge in [0, 0.05) is 17.1 Å². The zero-order valence-electron chi connectivity index (χ0n) is 14.1. The van der Waals surface area contributed by atoms with Gasteiger partial charge in [-0.1, -0.05) is 26.0 Å². The second kappa shape index (κ2) is 8.49. The van der Waals surface area contributed by atoms with Crippen molar-refractivity contribution in [3.63, 3.8) is 0 Å². The maximum absolute atomic E-state index is 12.2. The van der Waals surface area contributed by atoms with Crippen molar-refractivity contribution in [2.45, 2.75) is 33.0 Å². The van der Waals surface area contributed by atoms with E-state index in [4.69, 9.17) is 0 Å². The first kappa shape index (κ1) is 19.5. The summed E-state index contributed by atoms with van der Waals surface area (Å²) in [6.45, 7) is 6.15. The molecule has 1 aromatic carbocycles. The SMILES string of the molecule is CC(C)CCNCc1cc(-c2ccc(NC(=O)C(F)(F)F)cc2)cs1. The molecular formula is C18H21F3N2OS. The molecule has 0 radical (unpaired) electrons. The number of halogens is 3. The Bertz CT molecular complexity index is 693. The van der Waals surface area contributed by atoms with Crippen LogP contribution in [0.4, 0.5) is 18.9 Å². The van der Waals surface area contributed by atoms with Gasteiger partial charge in [0.05, 0.1) is 0 Å². The molecule has 0 bridgehead atoms. The first-order valence-corrected chi connectivity index (χ1v) is 8.90. The van der Waals surface area contributed by atoms with Crippen molar-refractivity contribution in [2.24, 2.45) is 5.92 Å². The summed E-state index contributed by atoms with van der Waals surface area (Å²) in [6, 6.07) is 8.40. The molecule has 0 atom stereocenters. The highest BCUT2D eigenvalue weighted by Gasteiger charge is 2.38. The fourth-order valence-corrected chi connectivity index (χ4v) is 3.04. The minimum atomic E-state index is -4.89. The van der Waals surface area contributed by atoms with Gasteiger partial charge < -0.3 is 10.6 Å². The lowest BCUT2D eigenvalue weighted by molar-refractivity contribution is -0.167. The monoisotopic (exact) mass is 370 g/mol. The molecule has 0 spiro atoms. The third-order valence-corrected chi connectivity index (χ3v) is 4.52. The summed E-state index contributed by atoms with van der Waals surface area (Å²) in [7, 11) is 0. The maximum atomic E-state index is 12.2. The van der Waals surface area contributed by atoms with Gasteiger partial charge in [-0.05, 0) is 53.6 Å². The molecule has 0 saturated carbocycles. The first-order valence-electron chi connectivity index (χ1n) is 8.02. The summed E-state index contributed by atoms with van der Waals surface area (Å²) in [5.74, 6) is -1.30. The van der Waals surface area contributed by atoms with Gasteiger partial charge in [-0.25, -0.2) is 0 Å². The summed E-state index contributed by atoms with van der Waals surface area (Å²) in [6.07, 6.45) is -3.76. The Morgan fingerprint density at radius 1 is 1.16 bits per heavy atom. The Morgan fingerprint density at radius 3 is 2.44 bits per heavy atom. The average molecular weight is 370 g/mol. The number of thiophene rings is 1. The van der Waals surface area contributed by atoms with Crippen molar-refractivity contribution >= 4 is 22.9 Å². The highest BCUT2D eigenvalue weighted by Crippen LogP contribution is 2.27. The lowest BCUT2D eigenvalue weighted by Crippen LogP contribution is -2.29. The zero-order chi connectivity index (χ0) is 18.4. The Kier molecular flexibility index (Phi) is 6.61. The number of amides is 1. The van der Waals surface area contributed by atoms with Crippen molar-refractivity contribution in [2.75, 3.05) is 11.9 Å². The minimum Gasteiger partial charge on any atom is -0.318 e. The number of hydrogen-bond acceptors (Lipinski definition) is 3. The van der Waals surface area contributed by atoms with Crippen LogP contribution < -0.4 is 10.6 Å². The molecular weight excluding hydrogens is 349 g/mol. The Morgan fingerprint density at radius 2 is 1.84 bits per heavy atom. The van der Waals surface area contributed by atoms with Crippen LogP contribution in [0.3, 0.4) is 0 Å². The molecule has 1 heterocycles. The van der Waals surface area contributed by atoms with Gasteiger partial charge in [-0.2, -0.15) is 13.2 Å².